The molecule has 47 heavy (non-hydrogen) atoms. The number of nitriles is 2. The van der Waals surface area contributed by atoms with Crippen molar-refractivity contribution in [2.24, 2.45) is 5.41 Å². The third-order valence-corrected chi connectivity index (χ3v) is 10.4. The maximum absolute atomic E-state index is 14.1. The number of hydrogen-bond donors (Lipinski definition) is 4. The van der Waals surface area contributed by atoms with Crippen LogP contribution in [0.15, 0.2) is 35.6 Å². The number of ether oxygens (including phenoxy) is 1. The standard InChI is InChI=1S/C33H36F3N9OS/c1-31(2,3)18-40-29-20(11-38)12-39-28-19(10-37)8-21(9-24(28)29)41-30(26-13-45(43-42-26)32(5-6-32)33(34,35)36)25-17-47-27-14-44(7-4-23(25)27)22-15-46-16-22/h8-9,12-13,17,22,30,41-43H,4-7,14-16,18H2,1-3H3,(H,39,40)/t30-/m0/s1. The van der Waals surface area contributed by atoms with Gasteiger partial charge in [0.2, 0.25) is 0 Å². The van der Waals surface area contributed by atoms with Gasteiger partial charge in [-0.25, -0.2) is 0 Å². The maximum Gasteiger partial charge on any atom is 0.413 e. The summed E-state index contributed by atoms with van der Waals surface area (Å²) in [5, 5.41) is 30.9. The molecule has 1 aliphatic carbocycles. The van der Waals surface area contributed by atoms with Gasteiger partial charge in [0.15, 0.2) is 5.54 Å². The van der Waals surface area contributed by atoms with Gasteiger partial charge in [-0.1, -0.05) is 20.8 Å². The Morgan fingerprint density at radius 2 is 1.94 bits per heavy atom. The highest BCUT2D eigenvalue weighted by Gasteiger charge is 2.67. The summed E-state index contributed by atoms with van der Waals surface area (Å²) in [5.41, 5.74) is 8.77. The monoisotopic (exact) mass is 663 g/mol. The summed E-state index contributed by atoms with van der Waals surface area (Å²) in [6, 6.07) is 7.88. The fourth-order valence-electron chi connectivity index (χ4n) is 6.44. The Labute approximate surface area is 275 Å². The molecule has 5 heterocycles. The second-order valence-corrected chi connectivity index (χ2v) is 14.9. The molecule has 0 unspecified atom stereocenters. The van der Waals surface area contributed by atoms with Gasteiger partial charge >= 0.3 is 6.18 Å². The third-order valence-electron chi connectivity index (χ3n) is 9.39. The van der Waals surface area contributed by atoms with Crippen molar-refractivity contribution in [2.45, 2.75) is 70.4 Å². The normalized spacial score (nSPS) is 20.0. The Kier molecular flexibility index (Phi) is 7.75. The van der Waals surface area contributed by atoms with Gasteiger partial charge in [-0.05, 0) is 53.3 Å². The zero-order valence-electron chi connectivity index (χ0n) is 26.4. The predicted octanol–water partition coefficient (Wildman–Crippen LogP) is 5.67. The molecule has 14 heteroatoms. The van der Waals surface area contributed by atoms with Crippen molar-refractivity contribution in [3.05, 3.63) is 62.7 Å². The summed E-state index contributed by atoms with van der Waals surface area (Å²) in [6.45, 7) is 9.95. The first kappa shape index (κ1) is 31.5. The second-order valence-electron chi connectivity index (χ2n) is 13.9. The number of anilines is 2. The number of benzene rings is 1. The van der Waals surface area contributed by atoms with Crippen LogP contribution in [0.2, 0.25) is 0 Å². The summed E-state index contributed by atoms with van der Waals surface area (Å²) in [5.74, 6) is 0. The van der Waals surface area contributed by atoms with Gasteiger partial charge in [0.05, 0.1) is 53.3 Å². The molecule has 246 valence electrons. The van der Waals surface area contributed by atoms with Crippen LogP contribution in [-0.2, 0) is 17.7 Å². The van der Waals surface area contributed by atoms with E-state index in [1.807, 2.05) is 6.07 Å². The first-order chi connectivity index (χ1) is 22.4. The van der Waals surface area contributed by atoms with E-state index in [1.54, 1.807) is 17.4 Å². The van der Waals surface area contributed by atoms with Crippen LogP contribution in [0, 0.1) is 28.1 Å². The molecule has 3 aromatic rings. The smallest absolute Gasteiger partial charge is 0.383 e. The minimum absolute atomic E-state index is 0.0103. The Bertz CT molecular complexity index is 1830. The van der Waals surface area contributed by atoms with Crippen molar-refractivity contribution < 1.29 is 17.9 Å². The molecule has 0 spiro atoms. The molecule has 0 radical (unpaired) electrons. The molecule has 1 aromatic carbocycles. The lowest BCUT2D eigenvalue weighted by Crippen LogP contribution is -2.52. The Morgan fingerprint density at radius 3 is 2.57 bits per heavy atom. The summed E-state index contributed by atoms with van der Waals surface area (Å²) >= 11 is 1.65. The van der Waals surface area contributed by atoms with Gasteiger partial charge in [0, 0.05) is 48.0 Å². The number of nitrogens with one attached hydrogen (secondary N) is 4. The number of thiophene rings is 1. The quantitative estimate of drug-likeness (QED) is 0.240. The van der Waals surface area contributed by atoms with Crippen LogP contribution in [0.1, 0.15) is 66.8 Å². The molecule has 7 rings (SSSR count). The predicted molar refractivity (Wildman–Crippen MR) is 173 cm³/mol. The van der Waals surface area contributed by atoms with Gasteiger partial charge in [-0.15, -0.1) is 16.9 Å². The lowest BCUT2D eigenvalue weighted by molar-refractivity contribution is -0.195. The molecule has 1 atom stereocenters. The van der Waals surface area contributed by atoms with E-state index < -0.39 is 17.8 Å². The summed E-state index contributed by atoms with van der Waals surface area (Å²) in [6.07, 6.45) is -0.581. The third kappa shape index (κ3) is 5.74. The van der Waals surface area contributed by atoms with Crippen molar-refractivity contribution in [1.29, 1.82) is 10.5 Å². The van der Waals surface area contributed by atoms with Crippen LogP contribution in [0.3, 0.4) is 0 Å². The number of halogens is 3. The molecule has 10 nitrogen and oxygen atoms in total. The van der Waals surface area contributed by atoms with Gasteiger partial charge in [0.1, 0.15) is 12.1 Å². The van der Waals surface area contributed by atoms with Crippen molar-refractivity contribution in [1.82, 2.24) is 25.9 Å². The Morgan fingerprint density at radius 1 is 1.17 bits per heavy atom. The molecular weight excluding hydrogens is 627 g/mol. The van der Waals surface area contributed by atoms with Gasteiger partial charge < -0.3 is 20.8 Å². The van der Waals surface area contributed by atoms with E-state index in [4.69, 9.17) is 4.74 Å². The SMILES string of the molecule is CC(C)(C)CNc1c(C#N)cnc2c(C#N)cc(N[C@H](C3=CN(C4(C(F)(F)F)CC4)NN3)c3csc4c3CCN(C3COC3)C4)cc12. The van der Waals surface area contributed by atoms with Crippen molar-refractivity contribution in [3.8, 4) is 12.1 Å². The average Bonchev–Trinajstić information content (AvgIpc) is 3.51. The Hall–Kier alpha value is -4.08. The lowest BCUT2D eigenvalue weighted by Gasteiger charge is -2.39. The minimum Gasteiger partial charge on any atom is -0.383 e. The molecule has 1 saturated carbocycles. The summed E-state index contributed by atoms with van der Waals surface area (Å²) in [4.78, 5) is 8.12. The van der Waals surface area contributed by atoms with Crippen LogP contribution in [0.5, 0.6) is 0 Å². The largest absolute Gasteiger partial charge is 0.413 e. The van der Waals surface area contributed by atoms with Crippen LogP contribution in [0.25, 0.3) is 10.9 Å². The molecule has 2 aromatic heterocycles. The van der Waals surface area contributed by atoms with Gasteiger partial charge in [0.25, 0.3) is 0 Å². The van der Waals surface area contributed by atoms with E-state index in [9.17, 15) is 23.7 Å². The molecular formula is C33H36F3N9OS. The molecule has 4 aliphatic rings. The Balaban J connectivity index is 1.30. The highest BCUT2D eigenvalue weighted by Crippen LogP contribution is 2.54. The van der Waals surface area contributed by atoms with Gasteiger partial charge in [-0.3, -0.25) is 14.9 Å². The molecule has 0 bridgehead atoms. The molecule has 1 saturated heterocycles. The second kappa shape index (κ2) is 11.6. The van der Waals surface area contributed by atoms with E-state index in [2.05, 4.69) is 69.8 Å². The minimum atomic E-state index is -4.39. The number of alkyl halides is 3. The fourth-order valence-corrected chi connectivity index (χ4v) is 7.59. The summed E-state index contributed by atoms with van der Waals surface area (Å²) in [7, 11) is 0. The van der Waals surface area contributed by atoms with E-state index in [-0.39, 0.29) is 18.3 Å². The van der Waals surface area contributed by atoms with Crippen LogP contribution in [-0.4, -0.2) is 59.0 Å². The molecule has 3 aliphatic heterocycles. The van der Waals surface area contributed by atoms with Gasteiger partial charge in [-0.2, -0.15) is 23.7 Å². The van der Waals surface area contributed by atoms with Crippen molar-refractivity contribution >= 4 is 33.6 Å². The fraction of sp³-hybridized carbons (Fsp3) is 0.485. The zero-order valence-corrected chi connectivity index (χ0v) is 27.2. The first-order valence-electron chi connectivity index (χ1n) is 15.7. The highest BCUT2D eigenvalue weighted by molar-refractivity contribution is 7.10. The number of nitrogens with zero attached hydrogens (tertiary/aromatic N) is 5. The van der Waals surface area contributed by atoms with E-state index in [0.29, 0.717) is 51.7 Å². The lowest BCUT2D eigenvalue weighted by atomic mass is 9.95. The molecule has 4 N–H and O–H groups in total. The van der Waals surface area contributed by atoms with Crippen LogP contribution < -0.4 is 21.6 Å². The average molecular weight is 664 g/mol. The first-order valence-corrected chi connectivity index (χ1v) is 16.6. The number of fused-ring (bicyclic) bond motifs is 2. The highest BCUT2D eigenvalue weighted by atomic mass is 32.1. The number of hydrogen-bond acceptors (Lipinski definition) is 11. The number of pyridine rings is 1. The number of rotatable bonds is 8. The zero-order chi connectivity index (χ0) is 33.1. The number of hydrazine groups is 2. The van der Waals surface area contributed by atoms with Crippen LogP contribution >= 0.6 is 11.3 Å². The van der Waals surface area contributed by atoms with Crippen molar-refractivity contribution in [2.75, 3.05) is 36.9 Å². The van der Waals surface area contributed by atoms with E-state index in [0.717, 1.165) is 43.3 Å². The number of aromatic nitrogens is 1. The van der Waals surface area contributed by atoms with E-state index in [1.165, 1.54) is 22.8 Å². The van der Waals surface area contributed by atoms with Crippen LogP contribution in [0.4, 0.5) is 24.5 Å². The summed E-state index contributed by atoms with van der Waals surface area (Å²) < 4.78 is 47.7. The molecule has 2 fully saturated rings. The maximum atomic E-state index is 14.1. The van der Waals surface area contributed by atoms with E-state index >= 15 is 0 Å². The van der Waals surface area contributed by atoms with Crippen molar-refractivity contribution in [3.63, 3.8) is 0 Å². The molecule has 0 amide bonds. The topological polar surface area (TPSA) is 124 Å².